The van der Waals surface area contributed by atoms with Crippen molar-refractivity contribution in [2.24, 2.45) is 5.14 Å². The molecule has 0 radical (unpaired) electrons. The summed E-state index contributed by atoms with van der Waals surface area (Å²) in [7, 11) is -3.63. The number of alkyl halides is 1. The maximum absolute atomic E-state index is 11.0. The van der Waals surface area contributed by atoms with Crippen molar-refractivity contribution in [1.82, 2.24) is 5.32 Å². The average molecular weight is 321 g/mol. The van der Waals surface area contributed by atoms with Gasteiger partial charge in [-0.25, -0.2) is 13.6 Å². The van der Waals surface area contributed by atoms with Gasteiger partial charge in [-0.2, -0.15) is 0 Å². The first-order valence-electron chi connectivity index (χ1n) is 4.88. The summed E-state index contributed by atoms with van der Waals surface area (Å²) in [6, 6.07) is 6.27. The Labute approximate surface area is 109 Å². The van der Waals surface area contributed by atoms with E-state index in [0.29, 0.717) is 13.0 Å². The number of rotatable bonds is 5. The van der Waals surface area contributed by atoms with Crippen LogP contribution in [0.2, 0.25) is 0 Å². The van der Waals surface area contributed by atoms with Crippen LogP contribution in [0, 0.1) is 0 Å². The van der Waals surface area contributed by atoms with E-state index in [1.54, 1.807) is 12.1 Å². The molecule has 0 spiro atoms. The third kappa shape index (κ3) is 4.84. The van der Waals surface area contributed by atoms with Crippen LogP contribution in [0.3, 0.4) is 0 Å². The Bertz CT molecular complexity index is 485. The number of carbonyl (C=O) groups excluding carboxylic acids is 1. The largest absolute Gasteiger partial charge is 0.355 e. The summed E-state index contributed by atoms with van der Waals surface area (Å²) in [6.07, 6.45) is 0.642. The maximum Gasteiger partial charge on any atom is 0.238 e. The highest BCUT2D eigenvalue weighted by Gasteiger charge is 2.06. The number of carbonyl (C=O) groups is 1. The van der Waals surface area contributed by atoms with Crippen LogP contribution < -0.4 is 10.5 Å². The van der Waals surface area contributed by atoms with Gasteiger partial charge in [-0.05, 0) is 24.1 Å². The molecule has 0 heterocycles. The molecule has 0 aliphatic heterocycles. The molecule has 7 heteroatoms. The van der Waals surface area contributed by atoms with Crippen LogP contribution in [0.25, 0.3) is 0 Å². The third-order valence-electron chi connectivity index (χ3n) is 2.11. The van der Waals surface area contributed by atoms with Gasteiger partial charge >= 0.3 is 0 Å². The van der Waals surface area contributed by atoms with Crippen molar-refractivity contribution in [3.63, 3.8) is 0 Å². The molecule has 0 saturated heterocycles. The quantitative estimate of drug-likeness (QED) is 0.769. The molecule has 1 aromatic rings. The highest BCUT2D eigenvalue weighted by atomic mass is 79.9. The van der Waals surface area contributed by atoms with Gasteiger partial charge in [0.1, 0.15) is 0 Å². The lowest BCUT2D eigenvalue weighted by atomic mass is 10.1. The van der Waals surface area contributed by atoms with Crippen LogP contribution >= 0.6 is 15.9 Å². The smallest absolute Gasteiger partial charge is 0.238 e. The molecule has 0 bridgehead atoms. The van der Waals surface area contributed by atoms with Crippen molar-refractivity contribution >= 4 is 31.9 Å². The van der Waals surface area contributed by atoms with Crippen LogP contribution in [0.5, 0.6) is 0 Å². The Morgan fingerprint density at radius 3 is 2.35 bits per heavy atom. The van der Waals surface area contributed by atoms with Gasteiger partial charge in [0.15, 0.2) is 0 Å². The van der Waals surface area contributed by atoms with E-state index >= 15 is 0 Å². The van der Waals surface area contributed by atoms with Gasteiger partial charge in [0.05, 0.1) is 10.2 Å². The van der Waals surface area contributed by atoms with Crippen molar-refractivity contribution in [3.8, 4) is 0 Å². The van der Waals surface area contributed by atoms with Crippen molar-refractivity contribution < 1.29 is 13.2 Å². The molecule has 5 nitrogen and oxygen atoms in total. The first kappa shape index (κ1) is 14.1. The lowest BCUT2D eigenvalue weighted by Gasteiger charge is -2.04. The Balaban J connectivity index is 2.55. The van der Waals surface area contributed by atoms with Crippen molar-refractivity contribution in [2.75, 3.05) is 11.9 Å². The van der Waals surface area contributed by atoms with Crippen molar-refractivity contribution in [3.05, 3.63) is 29.8 Å². The molecule has 0 aliphatic rings. The van der Waals surface area contributed by atoms with E-state index in [1.807, 2.05) is 0 Å². The van der Waals surface area contributed by atoms with Gasteiger partial charge < -0.3 is 5.32 Å². The molecule has 0 aliphatic carbocycles. The lowest BCUT2D eigenvalue weighted by molar-refractivity contribution is -0.118. The van der Waals surface area contributed by atoms with E-state index in [-0.39, 0.29) is 16.1 Å². The van der Waals surface area contributed by atoms with Gasteiger partial charge in [0.2, 0.25) is 15.9 Å². The predicted molar refractivity (Wildman–Crippen MR) is 68.3 cm³/mol. The fraction of sp³-hybridized carbons (Fsp3) is 0.300. The number of halogens is 1. The zero-order valence-corrected chi connectivity index (χ0v) is 11.4. The first-order valence-corrected chi connectivity index (χ1v) is 7.54. The first-order chi connectivity index (χ1) is 7.93. The van der Waals surface area contributed by atoms with Gasteiger partial charge in [0.25, 0.3) is 0 Å². The summed E-state index contributed by atoms with van der Waals surface area (Å²) in [5.74, 6) is -0.0776. The molecule has 1 rings (SSSR count). The van der Waals surface area contributed by atoms with E-state index in [1.165, 1.54) is 12.1 Å². The zero-order chi connectivity index (χ0) is 12.9. The van der Waals surface area contributed by atoms with Crippen LogP contribution in [0.15, 0.2) is 29.2 Å². The van der Waals surface area contributed by atoms with E-state index in [9.17, 15) is 13.2 Å². The summed E-state index contributed by atoms with van der Waals surface area (Å²) in [4.78, 5) is 11.0. The molecular formula is C10H13BrN2O3S. The van der Waals surface area contributed by atoms with Crippen molar-refractivity contribution in [1.29, 1.82) is 0 Å². The number of nitrogens with two attached hydrogens (primary N) is 1. The number of primary sulfonamides is 1. The lowest BCUT2D eigenvalue weighted by Crippen LogP contribution is -2.26. The molecule has 1 amide bonds. The van der Waals surface area contributed by atoms with E-state index in [0.717, 1.165) is 5.56 Å². The summed E-state index contributed by atoms with van der Waals surface area (Å²) in [5, 5.41) is 7.95. The van der Waals surface area contributed by atoms with Crippen LogP contribution in [-0.4, -0.2) is 26.2 Å². The second kappa shape index (κ2) is 6.13. The molecule has 17 heavy (non-hydrogen) atoms. The Hall–Kier alpha value is -0.920. The minimum atomic E-state index is -3.63. The van der Waals surface area contributed by atoms with Crippen LogP contribution in [0.1, 0.15) is 5.56 Å². The number of amides is 1. The summed E-state index contributed by atoms with van der Waals surface area (Å²) in [5.41, 5.74) is 0.937. The number of hydrogen-bond acceptors (Lipinski definition) is 3. The summed E-state index contributed by atoms with van der Waals surface area (Å²) >= 11 is 3.04. The van der Waals surface area contributed by atoms with Crippen LogP contribution in [0.4, 0.5) is 0 Å². The molecule has 0 unspecified atom stereocenters. The molecule has 0 saturated carbocycles. The van der Waals surface area contributed by atoms with Gasteiger partial charge in [-0.1, -0.05) is 28.1 Å². The normalized spacial score (nSPS) is 11.2. The molecular weight excluding hydrogens is 308 g/mol. The number of benzene rings is 1. The highest BCUT2D eigenvalue weighted by Crippen LogP contribution is 2.08. The fourth-order valence-corrected chi connectivity index (χ4v) is 1.95. The van der Waals surface area contributed by atoms with Crippen LogP contribution in [-0.2, 0) is 21.2 Å². The second-order valence-corrected chi connectivity index (χ2v) is 5.54. The minimum absolute atomic E-state index is 0.0776. The molecule has 3 N–H and O–H groups in total. The third-order valence-corrected chi connectivity index (χ3v) is 3.55. The SMILES string of the molecule is NS(=O)(=O)c1ccc(CCNC(=O)CBr)cc1. The molecule has 1 aromatic carbocycles. The zero-order valence-electron chi connectivity index (χ0n) is 9.02. The Morgan fingerprint density at radius 2 is 1.88 bits per heavy atom. The monoisotopic (exact) mass is 320 g/mol. The maximum atomic E-state index is 11.0. The Kier molecular flexibility index (Phi) is 5.10. The minimum Gasteiger partial charge on any atom is -0.355 e. The van der Waals surface area contributed by atoms with E-state index in [2.05, 4.69) is 21.2 Å². The molecule has 0 fully saturated rings. The number of sulfonamides is 1. The molecule has 94 valence electrons. The average Bonchev–Trinajstić information content (AvgIpc) is 2.28. The van der Waals surface area contributed by atoms with Gasteiger partial charge in [-0.15, -0.1) is 0 Å². The summed E-state index contributed by atoms with van der Waals surface area (Å²) < 4.78 is 22.0. The highest BCUT2D eigenvalue weighted by molar-refractivity contribution is 9.09. The van der Waals surface area contributed by atoms with E-state index < -0.39 is 10.0 Å². The van der Waals surface area contributed by atoms with Gasteiger partial charge in [0, 0.05) is 6.54 Å². The molecule has 0 aromatic heterocycles. The number of nitrogens with one attached hydrogen (secondary N) is 1. The van der Waals surface area contributed by atoms with Crippen molar-refractivity contribution in [2.45, 2.75) is 11.3 Å². The summed E-state index contributed by atoms with van der Waals surface area (Å²) in [6.45, 7) is 0.513. The fourth-order valence-electron chi connectivity index (χ4n) is 1.24. The predicted octanol–water partition coefficient (Wildman–Crippen LogP) is 0.388. The number of hydrogen-bond donors (Lipinski definition) is 2. The van der Waals surface area contributed by atoms with Gasteiger partial charge in [-0.3, -0.25) is 4.79 Å². The Morgan fingerprint density at radius 1 is 1.29 bits per heavy atom. The second-order valence-electron chi connectivity index (χ2n) is 3.42. The molecule has 0 atom stereocenters. The standard InChI is InChI=1S/C10H13BrN2O3S/c11-7-10(14)13-6-5-8-1-3-9(4-2-8)17(12,15)16/h1-4H,5-7H2,(H,13,14)(H2,12,15,16). The van der Waals surface area contributed by atoms with E-state index in [4.69, 9.17) is 5.14 Å². The topological polar surface area (TPSA) is 89.3 Å².